The van der Waals surface area contributed by atoms with E-state index in [1.165, 1.54) is 25.9 Å². The highest BCUT2D eigenvalue weighted by Gasteiger charge is 2.30. The van der Waals surface area contributed by atoms with Crippen molar-refractivity contribution in [3.8, 4) is 0 Å². The van der Waals surface area contributed by atoms with Crippen molar-refractivity contribution in [2.24, 2.45) is 13.0 Å². The van der Waals surface area contributed by atoms with Crippen molar-refractivity contribution in [2.45, 2.75) is 38.1 Å². The molecule has 0 unspecified atom stereocenters. The van der Waals surface area contributed by atoms with E-state index in [2.05, 4.69) is 21.9 Å². The Morgan fingerprint density at radius 3 is 2.56 bits per heavy atom. The maximum Gasteiger partial charge on any atom is 0.151 e. The van der Waals surface area contributed by atoms with Gasteiger partial charge in [0.25, 0.3) is 0 Å². The molecule has 0 N–H and O–H groups in total. The predicted molar refractivity (Wildman–Crippen MR) is 98.3 cm³/mol. The molecule has 3 heterocycles. The normalized spacial score (nSPS) is 25.0. The second-order valence-corrected chi connectivity index (χ2v) is 10.0. The fourth-order valence-electron chi connectivity index (χ4n) is 3.89. The van der Waals surface area contributed by atoms with Gasteiger partial charge >= 0.3 is 0 Å². The molecule has 0 aromatic carbocycles. The first-order chi connectivity index (χ1) is 11.8. The smallest absolute Gasteiger partial charge is 0.151 e. The molecule has 2 fully saturated rings. The van der Waals surface area contributed by atoms with Gasteiger partial charge in [0.2, 0.25) is 0 Å². The molecule has 25 heavy (non-hydrogen) atoms. The van der Waals surface area contributed by atoms with Crippen molar-refractivity contribution < 1.29 is 8.42 Å². The van der Waals surface area contributed by atoms with Gasteiger partial charge in [-0.25, -0.2) is 13.4 Å². The molecule has 0 amide bonds. The zero-order chi connectivity index (χ0) is 18.0. The van der Waals surface area contributed by atoms with Crippen LogP contribution in [-0.4, -0.2) is 84.3 Å². The number of aromatic nitrogens is 3. The fraction of sp³-hybridized carbons (Fsp3) is 0.882. The standard InChI is InChI=1S/C17H31N5O2S/c1-20-8-4-14(5-9-20)12-16-18-17(22(3)19-16)6-10-21(2)15-7-11-25(23,24)13-15/h14-15H,4-13H2,1-3H3/t15-/m1/s1. The molecule has 0 aliphatic carbocycles. The largest absolute Gasteiger partial charge is 0.306 e. The van der Waals surface area contributed by atoms with Crippen LogP contribution < -0.4 is 0 Å². The molecule has 0 saturated carbocycles. The third kappa shape index (κ3) is 5.01. The lowest BCUT2D eigenvalue weighted by Crippen LogP contribution is -2.34. The van der Waals surface area contributed by atoms with Crippen molar-refractivity contribution in [3.05, 3.63) is 11.6 Å². The third-order valence-electron chi connectivity index (χ3n) is 5.73. The minimum Gasteiger partial charge on any atom is -0.306 e. The summed E-state index contributed by atoms with van der Waals surface area (Å²) >= 11 is 0. The Kier molecular flexibility index (Phi) is 5.80. The molecule has 0 radical (unpaired) electrons. The third-order valence-corrected chi connectivity index (χ3v) is 7.48. The van der Waals surface area contributed by atoms with Crippen LogP contribution in [0.3, 0.4) is 0 Å². The summed E-state index contributed by atoms with van der Waals surface area (Å²) in [5, 5.41) is 4.60. The van der Waals surface area contributed by atoms with Gasteiger partial charge in [0.15, 0.2) is 15.7 Å². The van der Waals surface area contributed by atoms with E-state index in [-0.39, 0.29) is 6.04 Å². The van der Waals surface area contributed by atoms with Crippen molar-refractivity contribution in [2.75, 3.05) is 45.2 Å². The van der Waals surface area contributed by atoms with E-state index < -0.39 is 9.84 Å². The average molecular weight is 370 g/mol. The molecule has 0 bridgehead atoms. The lowest BCUT2D eigenvalue weighted by atomic mass is 9.94. The molecular formula is C17H31N5O2S. The first-order valence-electron chi connectivity index (χ1n) is 9.30. The summed E-state index contributed by atoms with van der Waals surface area (Å²) in [6.07, 6.45) is 4.98. The van der Waals surface area contributed by atoms with E-state index in [1.54, 1.807) is 0 Å². The number of likely N-dealkylation sites (N-methyl/N-ethyl adjacent to an activating group) is 1. The van der Waals surface area contributed by atoms with Crippen LogP contribution in [0.5, 0.6) is 0 Å². The molecule has 8 heteroatoms. The summed E-state index contributed by atoms with van der Waals surface area (Å²) in [5.41, 5.74) is 0. The molecule has 3 rings (SSSR count). The Hall–Kier alpha value is -0.990. The molecular weight excluding hydrogens is 338 g/mol. The van der Waals surface area contributed by atoms with E-state index in [9.17, 15) is 8.42 Å². The molecule has 1 aromatic heterocycles. The maximum atomic E-state index is 11.6. The van der Waals surface area contributed by atoms with Gasteiger partial charge in [-0.15, -0.1) is 0 Å². The summed E-state index contributed by atoms with van der Waals surface area (Å²) in [6, 6.07) is 0.150. The maximum absolute atomic E-state index is 11.6. The van der Waals surface area contributed by atoms with Gasteiger partial charge in [-0.3, -0.25) is 4.68 Å². The summed E-state index contributed by atoms with van der Waals surface area (Å²) in [6.45, 7) is 3.15. The summed E-state index contributed by atoms with van der Waals surface area (Å²) < 4.78 is 25.2. The van der Waals surface area contributed by atoms with Gasteiger partial charge in [-0.05, 0) is 52.4 Å². The zero-order valence-corrected chi connectivity index (χ0v) is 16.5. The lowest BCUT2D eigenvalue weighted by molar-refractivity contribution is 0.217. The number of piperidine rings is 1. The highest BCUT2D eigenvalue weighted by Crippen LogP contribution is 2.20. The first kappa shape index (κ1) is 18.8. The van der Waals surface area contributed by atoms with Crippen molar-refractivity contribution in [3.63, 3.8) is 0 Å². The number of sulfone groups is 1. The predicted octanol–water partition coefficient (Wildman–Crippen LogP) is 0.361. The monoisotopic (exact) mass is 369 g/mol. The van der Waals surface area contributed by atoms with Crippen LogP contribution in [0, 0.1) is 5.92 Å². The number of nitrogens with zero attached hydrogens (tertiary/aromatic N) is 5. The number of hydrogen-bond donors (Lipinski definition) is 0. The van der Waals surface area contributed by atoms with Gasteiger partial charge < -0.3 is 9.80 Å². The van der Waals surface area contributed by atoms with E-state index in [0.29, 0.717) is 17.4 Å². The van der Waals surface area contributed by atoms with Crippen LogP contribution in [0.25, 0.3) is 0 Å². The second-order valence-electron chi connectivity index (χ2n) is 7.81. The highest BCUT2D eigenvalue weighted by atomic mass is 32.2. The lowest BCUT2D eigenvalue weighted by Gasteiger charge is -2.28. The summed E-state index contributed by atoms with van der Waals surface area (Å²) in [5.74, 6) is 3.27. The van der Waals surface area contributed by atoms with E-state index in [1.807, 2.05) is 18.8 Å². The average Bonchev–Trinajstić information content (AvgIpc) is 3.09. The van der Waals surface area contributed by atoms with Crippen LogP contribution in [0.4, 0.5) is 0 Å². The van der Waals surface area contributed by atoms with Gasteiger partial charge in [-0.2, -0.15) is 5.10 Å². The molecule has 0 spiro atoms. The molecule has 2 aliphatic heterocycles. The number of likely N-dealkylation sites (tertiary alicyclic amines) is 1. The van der Waals surface area contributed by atoms with Gasteiger partial charge in [0.05, 0.1) is 11.5 Å². The number of aryl methyl sites for hydroxylation is 1. The van der Waals surface area contributed by atoms with Crippen molar-refractivity contribution in [1.29, 1.82) is 0 Å². The molecule has 1 aromatic rings. The van der Waals surface area contributed by atoms with Crippen LogP contribution in [0.1, 0.15) is 30.9 Å². The molecule has 2 saturated heterocycles. The Bertz CT molecular complexity index is 679. The molecule has 2 aliphatic rings. The number of hydrogen-bond acceptors (Lipinski definition) is 6. The fourth-order valence-corrected chi connectivity index (χ4v) is 5.69. The van der Waals surface area contributed by atoms with Crippen LogP contribution in [0.15, 0.2) is 0 Å². The van der Waals surface area contributed by atoms with E-state index in [0.717, 1.165) is 37.5 Å². The quantitative estimate of drug-likeness (QED) is 0.721. The Morgan fingerprint density at radius 2 is 1.92 bits per heavy atom. The minimum absolute atomic E-state index is 0.150. The Labute approximate surface area is 151 Å². The SMILES string of the molecule is CN1CCC(Cc2nc(CCN(C)[C@@H]3CCS(=O)(=O)C3)n(C)n2)CC1. The molecule has 142 valence electrons. The van der Waals surface area contributed by atoms with E-state index >= 15 is 0 Å². The minimum atomic E-state index is -2.83. The summed E-state index contributed by atoms with van der Waals surface area (Å²) in [7, 11) is 3.33. The van der Waals surface area contributed by atoms with Crippen molar-refractivity contribution >= 4 is 9.84 Å². The van der Waals surface area contributed by atoms with Gasteiger partial charge in [-0.1, -0.05) is 0 Å². The zero-order valence-electron chi connectivity index (χ0n) is 15.7. The van der Waals surface area contributed by atoms with Crippen LogP contribution in [-0.2, 0) is 29.7 Å². The first-order valence-corrected chi connectivity index (χ1v) is 11.1. The molecule has 7 nitrogen and oxygen atoms in total. The topological polar surface area (TPSA) is 71.3 Å². The second kappa shape index (κ2) is 7.72. The Morgan fingerprint density at radius 1 is 1.20 bits per heavy atom. The number of rotatable bonds is 6. The summed E-state index contributed by atoms with van der Waals surface area (Å²) in [4.78, 5) is 9.29. The highest BCUT2D eigenvalue weighted by molar-refractivity contribution is 7.91. The van der Waals surface area contributed by atoms with Crippen LogP contribution >= 0.6 is 0 Å². The van der Waals surface area contributed by atoms with Gasteiger partial charge in [0.1, 0.15) is 5.82 Å². The van der Waals surface area contributed by atoms with Crippen molar-refractivity contribution in [1.82, 2.24) is 24.6 Å². The Balaban J connectivity index is 1.50. The molecule has 1 atom stereocenters. The van der Waals surface area contributed by atoms with Gasteiger partial charge in [0, 0.05) is 32.5 Å². The van der Waals surface area contributed by atoms with Crippen LogP contribution in [0.2, 0.25) is 0 Å². The van der Waals surface area contributed by atoms with E-state index in [4.69, 9.17) is 4.98 Å².